The van der Waals surface area contributed by atoms with E-state index in [1.807, 2.05) is 5.38 Å². The van der Waals surface area contributed by atoms with E-state index in [9.17, 15) is 0 Å². The third kappa shape index (κ3) is 1.55. The largest absolute Gasteiger partial charge is 0.142 e. The Kier molecular flexibility index (Phi) is 2.80. The lowest BCUT2D eigenvalue weighted by Crippen LogP contribution is -1.86. The third-order valence-electron chi connectivity index (χ3n) is 2.56. The highest BCUT2D eigenvalue weighted by Crippen LogP contribution is 2.34. The lowest BCUT2D eigenvalue weighted by molar-refractivity contribution is 1.10. The predicted molar refractivity (Wildman–Crippen MR) is 65.6 cm³/mol. The Morgan fingerprint density at radius 1 is 1.21 bits per heavy atom. The van der Waals surface area contributed by atoms with Crippen molar-refractivity contribution in [1.29, 1.82) is 0 Å². The smallest absolute Gasteiger partial charge is 0.0594 e. The molecule has 1 heterocycles. The van der Waals surface area contributed by atoms with Crippen molar-refractivity contribution in [2.75, 3.05) is 0 Å². The van der Waals surface area contributed by atoms with Crippen molar-refractivity contribution in [3.63, 3.8) is 0 Å². The molecule has 14 heavy (non-hydrogen) atoms. The summed E-state index contributed by atoms with van der Waals surface area (Å²) in [6, 6.07) is 4.53. The monoisotopic (exact) mass is 224 g/mol. The molecule has 0 saturated carbocycles. The molecule has 0 atom stereocenters. The SMILES string of the molecule is CCc1cc(CC)c2c(Cl)csc2c1. The Balaban J connectivity index is 2.76. The van der Waals surface area contributed by atoms with Crippen molar-refractivity contribution < 1.29 is 0 Å². The summed E-state index contributed by atoms with van der Waals surface area (Å²) in [4.78, 5) is 0. The molecule has 0 radical (unpaired) electrons. The average Bonchev–Trinajstić information content (AvgIpc) is 2.59. The zero-order valence-electron chi connectivity index (χ0n) is 8.43. The quantitative estimate of drug-likeness (QED) is 0.695. The third-order valence-corrected chi connectivity index (χ3v) is 3.92. The van der Waals surface area contributed by atoms with Gasteiger partial charge in [-0.25, -0.2) is 0 Å². The first-order valence-corrected chi connectivity index (χ1v) is 6.20. The van der Waals surface area contributed by atoms with E-state index in [2.05, 4.69) is 26.0 Å². The van der Waals surface area contributed by atoms with Gasteiger partial charge in [0.25, 0.3) is 0 Å². The minimum Gasteiger partial charge on any atom is -0.142 e. The van der Waals surface area contributed by atoms with Crippen LogP contribution in [0.4, 0.5) is 0 Å². The number of thiophene rings is 1. The molecule has 0 aliphatic rings. The molecule has 74 valence electrons. The first kappa shape index (κ1) is 10.0. The molecule has 0 fully saturated rings. The van der Waals surface area contributed by atoms with Crippen LogP contribution in [0, 0.1) is 0 Å². The second-order valence-corrected chi connectivity index (χ2v) is 4.74. The van der Waals surface area contributed by atoms with Gasteiger partial charge >= 0.3 is 0 Å². The van der Waals surface area contributed by atoms with Crippen molar-refractivity contribution in [1.82, 2.24) is 0 Å². The molecule has 0 aliphatic heterocycles. The Hall–Kier alpha value is -0.530. The van der Waals surface area contributed by atoms with Crippen molar-refractivity contribution in [2.24, 2.45) is 0 Å². The molecular formula is C12H13ClS. The fourth-order valence-electron chi connectivity index (χ4n) is 1.76. The zero-order chi connectivity index (χ0) is 10.1. The number of benzene rings is 1. The zero-order valence-corrected chi connectivity index (χ0v) is 10.0. The summed E-state index contributed by atoms with van der Waals surface area (Å²) in [6.45, 7) is 4.37. The van der Waals surface area contributed by atoms with Crippen LogP contribution in [-0.2, 0) is 12.8 Å². The standard InChI is InChI=1S/C12H13ClS/c1-3-8-5-9(4-2)12-10(13)7-14-11(12)6-8/h5-7H,3-4H2,1-2H3. The fraction of sp³-hybridized carbons (Fsp3) is 0.333. The molecule has 2 heteroatoms. The normalized spacial score (nSPS) is 11.1. The summed E-state index contributed by atoms with van der Waals surface area (Å²) in [7, 11) is 0. The first-order chi connectivity index (χ1) is 6.76. The van der Waals surface area contributed by atoms with Crippen molar-refractivity contribution >= 4 is 33.0 Å². The van der Waals surface area contributed by atoms with Crippen LogP contribution in [0.15, 0.2) is 17.5 Å². The van der Waals surface area contributed by atoms with Gasteiger partial charge in [0.2, 0.25) is 0 Å². The first-order valence-electron chi connectivity index (χ1n) is 4.94. The molecule has 0 aliphatic carbocycles. The van der Waals surface area contributed by atoms with Crippen LogP contribution in [0.3, 0.4) is 0 Å². The number of aryl methyl sites for hydroxylation is 2. The van der Waals surface area contributed by atoms with Gasteiger partial charge < -0.3 is 0 Å². The van der Waals surface area contributed by atoms with Crippen LogP contribution in [0.2, 0.25) is 5.02 Å². The van der Waals surface area contributed by atoms with Crippen LogP contribution in [0.5, 0.6) is 0 Å². The fourth-order valence-corrected chi connectivity index (χ4v) is 3.10. The Morgan fingerprint density at radius 3 is 2.64 bits per heavy atom. The molecular weight excluding hydrogens is 212 g/mol. The number of hydrogen-bond donors (Lipinski definition) is 0. The molecule has 1 aromatic carbocycles. The second kappa shape index (κ2) is 3.92. The summed E-state index contributed by atoms with van der Waals surface area (Å²) in [5.74, 6) is 0. The molecule has 0 bridgehead atoms. The lowest BCUT2D eigenvalue weighted by atomic mass is 10.0. The van der Waals surface area contributed by atoms with E-state index in [4.69, 9.17) is 11.6 Å². The van der Waals surface area contributed by atoms with Gasteiger partial charge in [0.15, 0.2) is 0 Å². The van der Waals surface area contributed by atoms with Crippen LogP contribution >= 0.6 is 22.9 Å². The number of fused-ring (bicyclic) bond motifs is 1. The van der Waals surface area contributed by atoms with E-state index in [1.54, 1.807) is 11.3 Å². The number of hydrogen-bond acceptors (Lipinski definition) is 1. The van der Waals surface area contributed by atoms with Gasteiger partial charge in [-0.2, -0.15) is 0 Å². The van der Waals surface area contributed by atoms with Gasteiger partial charge in [-0.05, 0) is 30.0 Å². The summed E-state index contributed by atoms with van der Waals surface area (Å²) < 4.78 is 1.33. The van der Waals surface area contributed by atoms with Gasteiger partial charge in [0.1, 0.15) is 0 Å². The van der Waals surface area contributed by atoms with E-state index < -0.39 is 0 Å². The maximum Gasteiger partial charge on any atom is 0.0594 e. The molecule has 0 amide bonds. The van der Waals surface area contributed by atoms with Crippen molar-refractivity contribution in [3.8, 4) is 0 Å². The molecule has 2 rings (SSSR count). The highest BCUT2D eigenvalue weighted by Gasteiger charge is 2.07. The minimum atomic E-state index is 0.907. The van der Waals surface area contributed by atoms with Crippen LogP contribution in [-0.4, -0.2) is 0 Å². The van der Waals surface area contributed by atoms with E-state index in [-0.39, 0.29) is 0 Å². The predicted octanol–water partition coefficient (Wildman–Crippen LogP) is 4.68. The average molecular weight is 225 g/mol. The van der Waals surface area contributed by atoms with Crippen LogP contribution in [0.1, 0.15) is 25.0 Å². The number of rotatable bonds is 2. The maximum atomic E-state index is 6.16. The molecule has 0 nitrogen and oxygen atoms in total. The lowest BCUT2D eigenvalue weighted by Gasteiger charge is -2.04. The van der Waals surface area contributed by atoms with Gasteiger partial charge in [0, 0.05) is 15.5 Å². The molecule has 1 aromatic heterocycles. The summed E-state index contributed by atoms with van der Waals surface area (Å²) in [5.41, 5.74) is 2.79. The van der Waals surface area contributed by atoms with Crippen LogP contribution < -0.4 is 0 Å². The molecule has 0 spiro atoms. The minimum absolute atomic E-state index is 0.907. The molecule has 0 saturated heterocycles. The topological polar surface area (TPSA) is 0 Å². The van der Waals surface area contributed by atoms with E-state index in [0.29, 0.717) is 0 Å². The summed E-state index contributed by atoms with van der Waals surface area (Å²) >= 11 is 7.90. The van der Waals surface area contributed by atoms with Crippen molar-refractivity contribution in [3.05, 3.63) is 33.7 Å². The van der Waals surface area contributed by atoms with Crippen molar-refractivity contribution in [2.45, 2.75) is 26.7 Å². The highest BCUT2D eigenvalue weighted by atomic mass is 35.5. The Bertz CT molecular complexity index is 457. The Morgan fingerprint density at radius 2 is 2.00 bits per heavy atom. The maximum absolute atomic E-state index is 6.16. The van der Waals surface area contributed by atoms with E-state index >= 15 is 0 Å². The molecule has 0 unspecified atom stereocenters. The van der Waals surface area contributed by atoms with Gasteiger partial charge in [-0.1, -0.05) is 31.5 Å². The number of halogens is 1. The second-order valence-electron chi connectivity index (χ2n) is 3.42. The van der Waals surface area contributed by atoms with Gasteiger partial charge in [-0.15, -0.1) is 11.3 Å². The summed E-state index contributed by atoms with van der Waals surface area (Å²) in [5, 5.41) is 4.20. The molecule has 0 N–H and O–H groups in total. The molecule has 2 aromatic rings. The van der Waals surface area contributed by atoms with Crippen LogP contribution in [0.25, 0.3) is 10.1 Å². The highest BCUT2D eigenvalue weighted by molar-refractivity contribution is 7.17. The van der Waals surface area contributed by atoms with Gasteiger partial charge in [-0.3, -0.25) is 0 Å². The van der Waals surface area contributed by atoms with E-state index in [0.717, 1.165) is 17.9 Å². The summed E-state index contributed by atoms with van der Waals surface area (Å²) in [6.07, 6.45) is 2.15. The van der Waals surface area contributed by atoms with Gasteiger partial charge in [0.05, 0.1) is 5.02 Å². The Labute approximate surface area is 93.5 Å². The van der Waals surface area contributed by atoms with E-state index in [1.165, 1.54) is 21.2 Å².